The molecule has 0 saturated carbocycles. The van der Waals surface area contributed by atoms with E-state index in [9.17, 15) is 23.6 Å². The van der Waals surface area contributed by atoms with Crippen LogP contribution in [0, 0.1) is 35.3 Å². The lowest BCUT2D eigenvalue weighted by Crippen LogP contribution is -2.57. The third-order valence-corrected chi connectivity index (χ3v) is 5.10. The highest BCUT2D eigenvalue weighted by molar-refractivity contribution is 6.04. The lowest BCUT2D eigenvalue weighted by molar-refractivity contribution is -0.134. The first-order valence-corrected chi connectivity index (χ1v) is 8.65. The molecule has 7 heteroatoms. The Balaban J connectivity index is 1.94. The molecule has 0 aromatic heterocycles. The molecule has 1 aliphatic carbocycles. The van der Waals surface area contributed by atoms with E-state index in [1.807, 2.05) is 6.07 Å². The molecule has 1 fully saturated rings. The zero-order chi connectivity index (χ0) is 20.0. The van der Waals surface area contributed by atoms with E-state index in [-0.39, 0.29) is 42.2 Å². The van der Waals surface area contributed by atoms with Crippen LogP contribution in [0.2, 0.25) is 0 Å². The van der Waals surface area contributed by atoms with Crippen LogP contribution in [-0.4, -0.2) is 41.9 Å². The van der Waals surface area contributed by atoms with E-state index >= 15 is 0 Å². The SMILES string of the molecule is Cc1cc(F)c(C(=O)N2CCOC3(C=C(C#N)C(=O)C(C)(C)C3)C2)cc1F. The molecule has 1 amide bonds. The lowest BCUT2D eigenvalue weighted by Gasteiger charge is -2.46. The molecule has 1 saturated heterocycles. The fourth-order valence-electron chi connectivity index (χ4n) is 3.81. The first kappa shape index (κ1) is 19.2. The highest BCUT2D eigenvalue weighted by atomic mass is 19.1. The van der Waals surface area contributed by atoms with Gasteiger partial charge in [0.25, 0.3) is 5.91 Å². The minimum Gasteiger partial charge on any atom is -0.367 e. The molecule has 0 N–H and O–H groups in total. The molecule has 142 valence electrons. The summed E-state index contributed by atoms with van der Waals surface area (Å²) in [5, 5.41) is 9.29. The van der Waals surface area contributed by atoms with Crippen molar-refractivity contribution in [2.24, 2.45) is 5.41 Å². The van der Waals surface area contributed by atoms with Crippen molar-refractivity contribution in [1.82, 2.24) is 4.90 Å². The number of morpholine rings is 1. The second kappa shape index (κ2) is 6.54. The van der Waals surface area contributed by atoms with Gasteiger partial charge in [0, 0.05) is 12.0 Å². The fraction of sp³-hybridized carbons (Fsp3) is 0.450. The molecule has 1 atom stereocenters. The molecule has 1 aromatic carbocycles. The molecule has 1 unspecified atom stereocenters. The van der Waals surface area contributed by atoms with Gasteiger partial charge < -0.3 is 9.64 Å². The number of nitrogens with zero attached hydrogens (tertiary/aromatic N) is 2. The quantitative estimate of drug-likeness (QED) is 0.758. The van der Waals surface area contributed by atoms with Gasteiger partial charge in [0.15, 0.2) is 5.78 Å². The van der Waals surface area contributed by atoms with Crippen molar-refractivity contribution < 1.29 is 23.1 Å². The van der Waals surface area contributed by atoms with Gasteiger partial charge in [0.05, 0.1) is 24.3 Å². The fourth-order valence-corrected chi connectivity index (χ4v) is 3.81. The Hall–Kier alpha value is -2.59. The van der Waals surface area contributed by atoms with Crippen LogP contribution in [0.5, 0.6) is 0 Å². The molecule has 3 rings (SSSR count). The van der Waals surface area contributed by atoms with Crippen molar-refractivity contribution in [3.05, 3.63) is 46.5 Å². The molecule has 0 radical (unpaired) electrons. The van der Waals surface area contributed by atoms with E-state index < -0.39 is 28.6 Å². The number of allylic oxidation sites excluding steroid dienone is 1. The predicted octanol–water partition coefficient (Wildman–Crippen LogP) is 2.93. The number of carbonyl (C=O) groups excluding carboxylic acids is 2. The normalized spacial score (nSPS) is 24.5. The Morgan fingerprint density at radius 1 is 1.30 bits per heavy atom. The summed E-state index contributed by atoms with van der Waals surface area (Å²) in [4.78, 5) is 26.5. The van der Waals surface area contributed by atoms with Gasteiger partial charge in [-0.3, -0.25) is 9.59 Å². The number of amides is 1. The predicted molar refractivity (Wildman–Crippen MR) is 92.8 cm³/mol. The second-order valence-corrected chi connectivity index (χ2v) is 7.78. The highest BCUT2D eigenvalue weighted by Crippen LogP contribution is 2.41. The number of halogens is 2. The van der Waals surface area contributed by atoms with Gasteiger partial charge in [-0.15, -0.1) is 0 Å². The van der Waals surface area contributed by atoms with Gasteiger partial charge in [0.1, 0.15) is 23.3 Å². The Labute approximate surface area is 156 Å². The number of carbonyl (C=O) groups is 2. The molecule has 1 aliphatic heterocycles. The maximum Gasteiger partial charge on any atom is 0.257 e. The first-order chi connectivity index (χ1) is 12.6. The number of ether oxygens (including phenoxy) is 1. The summed E-state index contributed by atoms with van der Waals surface area (Å²) in [6.07, 6.45) is 1.75. The molecule has 0 bridgehead atoms. The van der Waals surface area contributed by atoms with E-state index in [0.717, 1.165) is 12.1 Å². The van der Waals surface area contributed by atoms with Crippen LogP contribution in [0.15, 0.2) is 23.8 Å². The Kier molecular flexibility index (Phi) is 4.64. The summed E-state index contributed by atoms with van der Waals surface area (Å²) in [7, 11) is 0. The van der Waals surface area contributed by atoms with Crippen molar-refractivity contribution in [2.75, 3.05) is 19.7 Å². The van der Waals surface area contributed by atoms with E-state index in [1.165, 1.54) is 17.9 Å². The number of aryl methyl sites for hydroxylation is 1. The van der Waals surface area contributed by atoms with Gasteiger partial charge in [-0.2, -0.15) is 5.26 Å². The first-order valence-electron chi connectivity index (χ1n) is 8.65. The summed E-state index contributed by atoms with van der Waals surface area (Å²) >= 11 is 0. The minimum atomic E-state index is -1.00. The molecule has 5 nitrogen and oxygen atoms in total. The van der Waals surface area contributed by atoms with E-state index in [2.05, 4.69) is 0 Å². The van der Waals surface area contributed by atoms with Crippen molar-refractivity contribution in [1.29, 1.82) is 5.26 Å². The standard InChI is InChI=1S/C20H20F2N2O3/c1-12-6-16(22)14(7-15(12)21)18(26)24-4-5-27-20(11-24)8-13(9-23)17(25)19(2,3)10-20/h6-8H,4-5,10-11H2,1-3H3. The smallest absolute Gasteiger partial charge is 0.257 e. The topological polar surface area (TPSA) is 70.4 Å². The van der Waals surface area contributed by atoms with Crippen molar-refractivity contribution in [3.63, 3.8) is 0 Å². The number of hydrogen-bond donors (Lipinski definition) is 0. The maximum absolute atomic E-state index is 14.2. The van der Waals surface area contributed by atoms with E-state index in [4.69, 9.17) is 4.74 Å². The highest BCUT2D eigenvalue weighted by Gasteiger charge is 2.48. The van der Waals surface area contributed by atoms with Crippen LogP contribution in [0.4, 0.5) is 8.78 Å². The third-order valence-electron chi connectivity index (χ3n) is 5.10. The average Bonchev–Trinajstić information content (AvgIpc) is 2.60. The average molecular weight is 374 g/mol. The number of rotatable bonds is 1. The van der Waals surface area contributed by atoms with Crippen LogP contribution >= 0.6 is 0 Å². The Bertz CT molecular complexity index is 901. The summed E-state index contributed by atoms with van der Waals surface area (Å²) in [6.45, 7) is 5.30. The van der Waals surface area contributed by atoms with Gasteiger partial charge in [-0.25, -0.2) is 8.78 Å². The minimum absolute atomic E-state index is 0.00638. The molecule has 1 heterocycles. The zero-order valence-electron chi connectivity index (χ0n) is 15.4. The third kappa shape index (κ3) is 3.37. The molecule has 1 spiro atoms. The van der Waals surface area contributed by atoms with E-state index in [0.29, 0.717) is 6.42 Å². The van der Waals surface area contributed by atoms with Crippen molar-refractivity contribution in [3.8, 4) is 6.07 Å². The largest absolute Gasteiger partial charge is 0.367 e. The van der Waals surface area contributed by atoms with Gasteiger partial charge in [-0.1, -0.05) is 13.8 Å². The number of nitriles is 1. The molecular formula is C20H20F2N2O3. The lowest BCUT2D eigenvalue weighted by atomic mass is 9.69. The number of Topliss-reactive ketones (excluding diaryl/α,β-unsaturated/α-hetero) is 1. The summed E-state index contributed by atoms with van der Waals surface area (Å²) in [6, 6.07) is 3.80. The molecular weight excluding hydrogens is 354 g/mol. The van der Waals surface area contributed by atoms with Crippen LogP contribution in [0.25, 0.3) is 0 Å². The van der Waals surface area contributed by atoms with Crippen LogP contribution in [-0.2, 0) is 9.53 Å². The Morgan fingerprint density at radius 2 is 2.00 bits per heavy atom. The molecule has 1 aromatic rings. The van der Waals surface area contributed by atoms with Crippen LogP contribution in [0.1, 0.15) is 36.2 Å². The number of ketones is 1. The second-order valence-electron chi connectivity index (χ2n) is 7.78. The van der Waals surface area contributed by atoms with E-state index in [1.54, 1.807) is 13.8 Å². The van der Waals surface area contributed by atoms with Crippen molar-refractivity contribution in [2.45, 2.75) is 32.8 Å². The van der Waals surface area contributed by atoms with Crippen molar-refractivity contribution >= 4 is 11.7 Å². The maximum atomic E-state index is 14.2. The number of benzene rings is 1. The van der Waals surface area contributed by atoms with Crippen LogP contribution < -0.4 is 0 Å². The van der Waals surface area contributed by atoms with Gasteiger partial charge in [0.2, 0.25) is 0 Å². The van der Waals surface area contributed by atoms with Gasteiger partial charge >= 0.3 is 0 Å². The zero-order valence-corrected chi connectivity index (χ0v) is 15.4. The summed E-state index contributed by atoms with van der Waals surface area (Å²) < 4.78 is 33.9. The Morgan fingerprint density at radius 3 is 2.67 bits per heavy atom. The molecule has 2 aliphatic rings. The molecule has 27 heavy (non-hydrogen) atoms. The van der Waals surface area contributed by atoms with Gasteiger partial charge in [-0.05, 0) is 37.1 Å². The summed E-state index contributed by atoms with van der Waals surface area (Å²) in [5.41, 5.74) is -2.06. The van der Waals surface area contributed by atoms with Crippen LogP contribution in [0.3, 0.4) is 0 Å². The monoisotopic (exact) mass is 374 g/mol. The number of hydrogen-bond acceptors (Lipinski definition) is 4. The summed E-state index contributed by atoms with van der Waals surface area (Å²) in [5.74, 6) is -2.35.